The number of benzene rings is 3. The van der Waals surface area contributed by atoms with Crippen LogP contribution in [0.1, 0.15) is 36.9 Å². The first-order valence-electron chi connectivity index (χ1n) is 14.3. The van der Waals surface area contributed by atoms with Gasteiger partial charge < -0.3 is 10.8 Å². The molecular weight excluding hydrogens is 506 g/mol. The van der Waals surface area contributed by atoms with Crippen LogP contribution in [0.4, 0.5) is 0 Å². The van der Waals surface area contributed by atoms with Crippen LogP contribution in [0.2, 0.25) is 0 Å². The maximum Gasteiger partial charge on any atom is 0.165 e. The van der Waals surface area contributed by atoms with Gasteiger partial charge in [0.15, 0.2) is 11.3 Å². The number of aromatic nitrogens is 4. The summed E-state index contributed by atoms with van der Waals surface area (Å²) < 4.78 is 1.88. The Morgan fingerprint density at radius 1 is 0.829 bits per heavy atom. The molecule has 0 bridgehead atoms. The van der Waals surface area contributed by atoms with E-state index in [9.17, 15) is 5.11 Å². The maximum absolute atomic E-state index is 10.9. The highest BCUT2D eigenvalue weighted by molar-refractivity contribution is 5.92. The average Bonchev–Trinajstić information content (AvgIpc) is 3.79. The van der Waals surface area contributed by atoms with Crippen LogP contribution in [0, 0.1) is 12.8 Å². The Balaban J connectivity index is 1.27. The molecule has 3 aromatic carbocycles. The van der Waals surface area contributed by atoms with Crippen molar-refractivity contribution in [2.45, 2.75) is 43.7 Å². The highest BCUT2D eigenvalue weighted by Gasteiger charge is 2.58. The summed E-state index contributed by atoms with van der Waals surface area (Å²) in [6.45, 7) is 2.02. The van der Waals surface area contributed by atoms with E-state index in [0.29, 0.717) is 18.8 Å². The minimum Gasteiger partial charge on any atom is -0.389 e. The van der Waals surface area contributed by atoms with Crippen molar-refractivity contribution < 1.29 is 5.11 Å². The molecule has 0 aliphatic heterocycles. The molecule has 0 radical (unpaired) electrons. The fourth-order valence-corrected chi connectivity index (χ4v) is 6.81. The van der Waals surface area contributed by atoms with Crippen LogP contribution >= 0.6 is 0 Å². The highest BCUT2D eigenvalue weighted by Crippen LogP contribution is 2.57. The Bertz CT molecular complexity index is 1920. The highest BCUT2D eigenvalue weighted by atomic mass is 16.3. The van der Waals surface area contributed by atoms with Gasteiger partial charge in [0.1, 0.15) is 0 Å². The summed E-state index contributed by atoms with van der Waals surface area (Å²) in [5.74, 6) is 0.424. The molecule has 2 fully saturated rings. The van der Waals surface area contributed by atoms with Gasteiger partial charge in [-0.1, -0.05) is 84.9 Å². The molecule has 6 heteroatoms. The molecule has 41 heavy (non-hydrogen) atoms. The number of hydrogen-bond donors (Lipinski definition) is 2. The molecule has 6 nitrogen and oxygen atoms in total. The van der Waals surface area contributed by atoms with Crippen molar-refractivity contribution in [2.75, 3.05) is 0 Å². The average molecular weight is 538 g/mol. The first kappa shape index (κ1) is 24.4. The van der Waals surface area contributed by atoms with Crippen LogP contribution in [0.15, 0.2) is 97.2 Å². The van der Waals surface area contributed by atoms with E-state index in [4.69, 9.17) is 20.8 Å². The number of rotatable bonds is 5. The van der Waals surface area contributed by atoms with Crippen LogP contribution < -0.4 is 5.73 Å². The molecular formula is C35H31N5O. The van der Waals surface area contributed by atoms with Crippen LogP contribution in [0.5, 0.6) is 0 Å². The third-order valence-electron chi connectivity index (χ3n) is 9.05. The summed E-state index contributed by atoms with van der Waals surface area (Å²) >= 11 is 0. The molecule has 0 unspecified atom stereocenters. The minimum atomic E-state index is -0.590. The molecule has 2 aliphatic carbocycles. The second-order valence-corrected chi connectivity index (χ2v) is 11.9. The standard InChI is InChI=1S/C35H31N5O/c1-22-30(24-10-6-3-7-11-24)33-37-19-26-18-29(23-8-4-2-5-9-23)31(38-32(26)40(33)39-22)25-12-14-27(15-13-25)34(36)20-35(41,21-34)28-16-17-28/h2-15,18-19,28,41H,16-17,20-21,36H2,1H3/t34-,35-. The van der Waals surface area contributed by atoms with Crippen molar-refractivity contribution in [3.63, 3.8) is 0 Å². The summed E-state index contributed by atoms with van der Waals surface area (Å²) in [6.07, 6.45) is 5.39. The minimum absolute atomic E-state index is 0.424. The fraction of sp³-hybridized carbons (Fsp3) is 0.229. The Morgan fingerprint density at radius 3 is 2.15 bits per heavy atom. The van der Waals surface area contributed by atoms with E-state index in [2.05, 4.69) is 54.6 Å². The van der Waals surface area contributed by atoms with E-state index < -0.39 is 11.1 Å². The molecule has 0 atom stereocenters. The van der Waals surface area contributed by atoms with Crippen molar-refractivity contribution in [1.82, 2.24) is 19.6 Å². The fourth-order valence-electron chi connectivity index (χ4n) is 6.81. The first-order chi connectivity index (χ1) is 19.9. The quantitative estimate of drug-likeness (QED) is 0.256. The van der Waals surface area contributed by atoms with E-state index in [1.807, 2.05) is 54.0 Å². The van der Waals surface area contributed by atoms with Gasteiger partial charge in [0, 0.05) is 33.8 Å². The number of aliphatic hydroxyl groups is 1. The predicted molar refractivity (Wildman–Crippen MR) is 162 cm³/mol. The SMILES string of the molecule is Cc1nn2c(ncc3cc(-c4ccccc4)c(-c4ccc([C@]5(N)C[C@@](O)(C6CC6)C5)cc4)nc32)c1-c1ccccc1. The molecule has 2 aliphatic rings. The lowest BCUT2D eigenvalue weighted by Crippen LogP contribution is -2.60. The largest absolute Gasteiger partial charge is 0.389 e. The number of hydrogen-bond acceptors (Lipinski definition) is 5. The van der Waals surface area contributed by atoms with Gasteiger partial charge in [0.25, 0.3) is 0 Å². The lowest BCUT2D eigenvalue weighted by Gasteiger charge is -2.52. The molecule has 6 aromatic rings. The number of nitrogens with zero attached hydrogens (tertiary/aromatic N) is 4. The normalized spacial score (nSPS) is 22.2. The van der Waals surface area contributed by atoms with E-state index in [-0.39, 0.29) is 0 Å². The van der Waals surface area contributed by atoms with Crippen molar-refractivity contribution >= 4 is 16.7 Å². The Labute approximate surface area is 238 Å². The van der Waals surface area contributed by atoms with E-state index in [1.165, 1.54) is 0 Å². The monoisotopic (exact) mass is 537 g/mol. The van der Waals surface area contributed by atoms with Gasteiger partial charge in [-0.05, 0) is 61.3 Å². The van der Waals surface area contributed by atoms with Gasteiger partial charge >= 0.3 is 0 Å². The number of nitrogens with two attached hydrogens (primary N) is 1. The zero-order valence-electron chi connectivity index (χ0n) is 23.0. The second-order valence-electron chi connectivity index (χ2n) is 11.9. The van der Waals surface area contributed by atoms with Gasteiger partial charge in [0.2, 0.25) is 0 Å². The van der Waals surface area contributed by atoms with Gasteiger partial charge in [-0.2, -0.15) is 9.61 Å². The Hall–Kier alpha value is -4.39. The van der Waals surface area contributed by atoms with Crippen LogP contribution in [-0.2, 0) is 5.54 Å². The second kappa shape index (κ2) is 8.80. The van der Waals surface area contributed by atoms with E-state index >= 15 is 0 Å². The number of fused-ring (bicyclic) bond motifs is 3. The number of pyridine rings is 1. The van der Waals surface area contributed by atoms with Crippen molar-refractivity contribution in [3.8, 4) is 33.5 Å². The van der Waals surface area contributed by atoms with Gasteiger partial charge in [-0.15, -0.1) is 0 Å². The molecule has 2 saturated carbocycles. The molecule has 3 N–H and O–H groups in total. The van der Waals surface area contributed by atoms with Crippen LogP contribution in [-0.4, -0.2) is 30.3 Å². The van der Waals surface area contributed by atoms with Crippen molar-refractivity contribution in [1.29, 1.82) is 0 Å². The van der Waals surface area contributed by atoms with E-state index in [0.717, 1.165) is 74.3 Å². The van der Waals surface area contributed by atoms with Gasteiger partial charge in [-0.3, -0.25) is 0 Å². The van der Waals surface area contributed by atoms with E-state index in [1.54, 1.807) is 0 Å². The summed E-state index contributed by atoms with van der Waals surface area (Å²) in [6, 6.07) is 31.2. The third kappa shape index (κ3) is 3.90. The predicted octanol–water partition coefficient (Wildman–Crippen LogP) is 6.68. The molecule has 0 amide bonds. The smallest absolute Gasteiger partial charge is 0.165 e. The summed E-state index contributed by atoms with van der Waals surface area (Å²) in [5, 5.41) is 16.7. The summed E-state index contributed by atoms with van der Waals surface area (Å²) in [4.78, 5) is 10.1. The topological polar surface area (TPSA) is 89.3 Å². The van der Waals surface area contributed by atoms with Gasteiger partial charge in [-0.25, -0.2) is 9.97 Å². The lowest BCUT2D eigenvalue weighted by atomic mass is 9.60. The zero-order chi connectivity index (χ0) is 27.8. The third-order valence-corrected chi connectivity index (χ3v) is 9.05. The lowest BCUT2D eigenvalue weighted by molar-refractivity contribution is -0.106. The van der Waals surface area contributed by atoms with Crippen LogP contribution in [0.3, 0.4) is 0 Å². The molecule has 3 heterocycles. The molecule has 202 valence electrons. The molecule has 8 rings (SSSR count). The maximum atomic E-state index is 10.9. The molecule has 3 aromatic heterocycles. The molecule has 0 saturated heterocycles. The first-order valence-corrected chi connectivity index (χ1v) is 14.3. The summed E-state index contributed by atoms with van der Waals surface area (Å²) in [7, 11) is 0. The molecule has 0 spiro atoms. The Kier molecular flexibility index (Phi) is 5.24. The zero-order valence-corrected chi connectivity index (χ0v) is 23.0. The van der Waals surface area contributed by atoms with Crippen molar-refractivity contribution in [2.24, 2.45) is 11.7 Å². The van der Waals surface area contributed by atoms with Crippen molar-refractivity contribution in [3.05, 3.63) is 108 Å². The Morgan fingerprint density at radius 2 is 1.49 bits per heavy atom. The van der Waals surface area contributed by atoms with Gasteiger partial charge in [0.05, 0.1) is 17.0 Å². The summed E-state index contributed by atoms with van der Waals surface area (Å²) in [5.41, 5.74) is 15.4. The number of aryl methyl sites for hydroxylation is 1. The van der Waals surface area contributed by atoms with Crippen LogP contribution in [0.25, 0.3) is 50.2 Å².